The quantitative estimate of drug-likeness (QED) is 0.911. The Kier molecular flexibility index (Phi) is 4.44. The number of benzene rings is 1. The summed E-state index contributed by atoms with van der Waals surface area (Å²) >= 11 is 9.57. The van der Waals surface area contributed by atoms with E-state index in [1.165, 1.54) is 0 Å². The van der Waals surface area contributed by atoms with E-state index >= 15 is 0 Å². The molecule has 1 atom stereocenters. The Morgan fingerprint density at radius 1 is 1.58 bits per heavy atom. The Bertz CT molecular complexity index is 536. The van der Waals surface area contributed by atoms with Crippen molar-refractivity contribution < 1.29 is 9.53 Å². The van der Waals surface area contributed by atoms with Crippen molar-refractivity contribution in [2.75, 3.05) is 20.3 Å². The van der Waals surface area contributed by atoms with E-state index in [0.717, 1.165) is 10.0 Å². The monoisotopic (exact) mass is 345 g/mol. The van der Waals surface area contributed by atoms with E-state index < -0.39 is 6.04 Å². The van der Waals surface area contributed by atoms with Crippen LogP contribution in [0.15, 0.2) is 27.7 Å². The number of rotatable bonds is 4. The minimum absolute atomic E-state index is 0.251. The molecule has 1 aromatic rings. The second kappa shape index (κ2) is 5.90. The number of carbonyl (C=O) groups is 1. The van der Waals surface area contributed by atoms with Gasteiger partial charge in [0.1, 0.15) is 11.9 Å². The zero-order chi connectivity index (χ0) is 14.0. The van der Waals surface area contributed by atoms with Crippen molar-refractivity contribution in [3.05, 3.63) is 33.3 Å². The molecule has 7 heteroatoms. The number of nitrogens with zero attached hydrogens (tertiary/aromatic N) is 2. The minimum atomic E-state index is -0.437. The predicted molar refractivity (Wildman–Crippen MR) is 77.5 cm³/mol. The van der Waals surface area contributed by atoms with Gasteiger partial charge in [0.2, 0.25) is 0 Å². The molecule has 0 saturated carbocycles. The number of nitrogens with two attached hydrogens (primary N) is 1. The Hall–Kier alpha value is -1.11. The molecule has 1 heterocycles. The van der Waals surface area contributed by atoms with Gasteiger partial charge in [0.25, 0.3) is 0 Å². The molecule has 0 aromatic heterocycles. The largest absolute Gasteiger partial charge is 0.385 e. The van der Waals surface area contributed by atoms with Gasteiger partial charge in [0.15, 0.2) is 0 Å². The fourth-order valence-corrected chi connectivity index (χ4v) is 2.57. The fraction of sp³-hybridized carbons (Fsp3) is 0.333. The van der Waals surface area contributed by atoms with Gasteiger partial charge in [-0.25, -0.2) is 4.79 Å². The number of amides is 2. The van der Waals surface area contributed by atoms with Crippen molar-refractivity contribution in [1.29, 1.82) is 0 Å². The van der Waals surface area contributed by atoms with Crippen molar-refractivity contribution in [3.8, 4) is 0 Å². The number of hydrogen-bond acceptors (Lipinski definition) is 3. The van der Waals surface area contributed by atoms with Crippen molar-refractivity contribution >= 4 is 39.4 Å². The maximum absolute atomic E-state index is 11.8. The summed E-state index contributed by atoms with van der Waals surface area (Å²) in [5, 5.41) is 0.545. The number of ether oxygens (including phenoxy) is 1. The van der Waals surface area contributed by atoms with Gasteiger partial charge in [-0.15, -0.1) is 0 Å². The average Bonchev–Trinajstić information content (AvgIpc) is 2.64. The Labute approximate surface area is 124 Å². The maximum atomic E-state index is 11.8. The molecule has 0 fully saturated rings. The molecule has 0 saturated heterocycles. The van der Waals surface area contributed by atoms with Crippen LogP contribution in [-0.4, -0.2) is 37.0 Å². The van der Waals surface area contributed by atoms with E-state index in [4.69, 9.17) is 22.1 Å². The van der Waals surface area contributed by atoms with E-state index in [-0.39, 0.29) is 11.9 Å². The molecule has 2 N–H and O–H groups in total. The third-order valence-corrected chi connectivity index (χ3v) is 3.69. The molecule has 1 aliphatic heterocycles. The third kappa shape index (κ3) is 2.91. The van der Waals surface area contributed by atoms with Gasteiger partial charge < -0.3 is 15.4 Å². The molecule has 1 unspecified atom stereocenters. The molecule has 19 heavy (non-hydrogen) atoms. The van der Waals surface area contributed by atoms with Crippen LogP contribution in [0.25, 0.3) is 0 Å². The highest BCUT2D eigenvalue weighted by Crippen LogP contribution is 2.33. The topological polar surface area (TPSA) is 67.9 Å². The lowest BCUT2D eigenvalue weighted by Gasteiger charge is -2.25. The summed E-state index contributed by atoms with van der Waals surface area (Å²) in [6.07, 6.45) is 0. The number of urea groups is 1. The summed E-state index contributed by atoms with van der Waals surface area (Å²) in [4.78, 5) is 17.2. The number of hydrogen-bond donors (Lipinski definition) is 1. The first kappa shape index (κ1) is 14.3. The lowest BCUT2D eigenvalue weighted by Crippen LogP contribution is -2.35. The number of amidine groups is 1. The molecule has 0 spiro atoms. The SMILES string of the molecule is COCCN1C(=O)N=C(N)C1c1cc(Br)ccc1Cl. The normalized spacial score (nSPS) is 18.9. The molecule has 0 radical (unpaired) electrons. The zero-order valence-corrected chi connectivity index (χ0v) is 12.6. The van der Waals surface area contributed by atoms with Gasteiger partial charge in [-0.1, -0.05) is 27.5 Å². The van der Waals surface area contributed by atoms with Crippen LogP contribution in [0.2, 0.25) is 5.02 Å². The smallest absolute Gasteiger partial charge is 0.346 e. The Morgan fingerprint density at radius 3 is 3.00 bits per heavy atom. The first-order chi connectivity index (χ1) is 9.04. The number of methoxy groups -OCH3 is 1. The van der Waals surface area contributed by atoms with Crippen LogP contribution in [0.5, 0.6) is 0 Å². The highest BCUT2D eigenvalue weighted by Gasteiger charge is 2.35. The molecule has 0 bridgehead atoms. The number of aliphatic imine (C=N–C) groups is 1. The van der Waals surface area contributed by atoms with E-state index in [1.54, 1.807) is 18.1 Å². The summed E-state index contributed by atoms with van der Waals surface area (Å²) in [5.74, 6) is 0.251. The molecule has 1 aliphatic rings. The van der Waals surface area contributed by atoms with Gasteiger partial charge in [0, 0.05) is 28.7 Å². The molecule has 2 amide bonds. The minimum Gasteiger partial charge on any atom is -0.385 e. The third-order valence-electron chi connectivity index (χ3n) is 2.85. The van der Waals surface area contributed by atoms with Crippen LogP contribution in [-0.2, 0) is 4.74 Å². The summed E-state index contributed by atoms with van der Waals surface area (Å²) in [5.41, 5.74) is 6.60. The van der Waals surface area contributed by atoms with Crippen molar-refractivity contribution in [2.24, 2.45) is 10.7 Å². The van der Waals surface area contributed by atoms with Crippen molar-refractivity contribution in [1.82, 2.24) is 4.90 Å². The zero-order valence-electron chi connectivity index (χ0n) is 10.3. The number of halogens is 2. The lowest BCUT2D eigenvalue weighted by molar-refractivity contribution is 0.150. The number of carbonyl (C=O) groups excluding carboxylic acids is 1. The first-order valence-corrected chi connectivity index (χ1v) is 6.80. The second-order valence-corrected chi connectivity index (χ2v) is 5.40. The maximum Gasteiger partial charge on any atom is 0.346 e. The van der Waals surface area contributed by atoms with Gasteiger partial charge in [-0.2, -0.15) is 4.99 Å². The summed E-state index contributed by atoms with van der Waals surface area (Å²) in [6.45, 7) is 0.823. The Balaban J connectivity index is 2.36. The summed E-state index contributed by atoms with van der Waals surface area (Å²) in [6, 6.07) is 4.62. The highest BCUT2D eigenvalue weighted by molar-refractivity contribution is 9.10. The molecule has 102 valence electrons. The van der Waals surface area contributed by atoms with E-state index in [9.17, 15) is 4.79 Å². The lowest BCUT2D eigenvalue weighted by atomic mass is 10.1. The molecule has 5 nitrogen and oxygen atoms in total. The second-order valence-electron chi connectivity index (χ2n) is 4.07. The van der Waals surface area contributed by atoms with E-state index in [1.807, 2.05) is 12.1 Å². The van der Waals surface area contributed by atoms with Crippen LogP contribution < -0.4 is 5.73 Å². The average molecular weight is 347 g/mol. The molecule has 0 aliphatic carbocycles. The fourth-order valence-electron chi connectivity index (χ4n) is 1.97. The van der Waals surface area contributed by atoms with Crippen LogP contribution in [0.4, 0.5) is 4.79 Å². The highest BCUT2D eigenvalue weighted by atomic mass is 79.9. The first-order valence-electron chi connectivity index (χ1n) is 5.63. The van der Waals surface area contributed by atoms with Gasteiger partial charge in [-0.3, -0.25) is 0 Å². The van der Waals surface area contributed by atoms with Crippen LogP contribution in [0.3, 0.4) is 0 Å². The van der Waals surface area contributed by atoms with Crippen molar-refractivity contribution in [2.45, 2.75) is 6.04 Å². The molecule has 2 rings (SSSR count). The predicted octanol–water partition coefficient (Wildman–Crippen LogP) is 2.58. The van der Waals surface area contributed by atoms with Gasteiger partial charge in [-0.05, 0) is 18.2 Å². The van der Waals surface area contributed by atoms with Gasteiger partial charge >= 0.3 is 6.03 Å². The van der Waals surface area contributed by atoms with Crippen LogP contribution >= 0.6 is 27.5 Å². The Morgan fingerprint density at radius 2 is 2.32 bits per heavy atom. The molecular weight excluding hydrogens is 334 g/mol. The molecular formula is C12H13BrClN3O2. The summed E-state index contributed by atoms with van der Waals surface area (Å²) < 4.78 is 5.86. The van der Waals surface area contributed by atoms with Crippen LogP contribution in [0, 0.1) is 0 Å². The van der Waals surface area contributed by atoms with Gasteiger partial charge in [0.05, 0.1) is 6.61 Å². The van der Waals surface area contributed by atoms with E-state index in [0.29, 0.717) is 18.2 Å². The van der Waals surface area contributed by atoms with Crippen molar-refractivity contribution in [3.63, 3.8) is 0 Å². The van der Waals surface area contributed by atoms with Crippen LogP contribution in [0.1, 0.15) is 11.6 Å². The standard InChI is InChI=1S/C12H13BrClN3O2/c1-19-5-4-17-10(11(15)16-12(17)18)8-6-7(13)2-3-9(8)14/h2-3,6,10H,4-5H2,1H3,(H2,15,16,18). The molecule has 1 aromatic carbocycles. The van der Waals surface area contributed by atoms with E-state index in [2.05, 4.69) is 20.9 Å². The summed E-state index contributed by atoms with van der Waals surface area (Å²) in [7, 11) is 1.58.